The second kappa shape index (κ2) is 11.8. The van der Waals surface area contributed by atoms with E-state index in [1.54, 1.807) is 12.2 Å². The molecule has 0 saturated heterocycles. The van der Waals surface area contributed by atoms with Crippen LogP contribution in [0.15, 0.2) is 91.0 Å². The first kappa shape index (κ1) is 23.3. The van der Waals surface area contributed by atoms with Crippen molar-refractivity contribution in [3.05, 3.63) is 108 Å². The number of nitrogens with one attached hydrogen (secondary N) is 2. The zero-order valence-electron chi connectivity index (χ0n) is 19.2. The van der Waals surface area contributed by atoms with Crippen LogP contribution in [0.2, 0.25) is 0 Å². The van der Waals surface area contributed by atoms with Crippen LogP contribution in [0.3, 0.4) is 0 Å². The molecule has 0 aliphatic rings. The fourth-order valence-electron chi connectivity index (χ4n) is 3.33. The lowest BCUT2D eigenvalue weighted by molar-refractivity contribution is 0.0947. The molecule has 0 fully saturated rings. The molecule has 4 rings (SSSR count). The molecule has 0 unspecified atom stereocenters. The zero-order valence-corrected chi connectivity index (χ0v) is 19.2. The fourth-order valence-corrected chi connectivity index (χ4v) is 3.33. The highest BCUT2D eigenvalue weighted by Crippen LogP contribution is 2.15. The third kappa shape index (κ3) is 6.81. The summed E-state index contributed by atoms with van der Waals surface area (Å²) in [6.07, 6.45) is 4.11. The van der Waals surface area contributed by atoms with Gasteiger partial charge < -0.3 is 20.8 Å². The van der Waals surface area contributed by atoms with E-state index in [1.807, 2.05) is 78.9 Å². The van der Waals surface area contributed by atoms with E-state index < -0.39 is 0 Å². The highest BCUT2D eigenvalue weighted by atomic mass is 16.5. The fraction of sp³-hybridized carbons (Fsp3) is 0.100. The number of hydrogen-bond acceptors (Lipinski definition) is 3. The largest absolute Gasteiger partial charge is 0.494 e. The molecule has 0 spiro atoms. The Kier molecular flexibility index (Phi) is 7.88. The van der Waals surface area contributed by atoms with Crippen LogP contribution < -0.4 is 15.8 Å². The van der Waals surface area contributed by atoms with E-state index in [0.29, 0.717) is 31.0 Å². The first-order valence-corrected chi connectivity index (χ1v) is 11.3. The van der Waals surface area contributed by atoms with E-state index in [1.165, 1.54) is 0 Å². The van der Waals surface area contributed by atoms with Crippen molar-refractivity contribution in [2.24, 2.45) is 0 Å². The number of carbonyl (C=O) groups excluding carboxylic acids is 1. The summed E-state index contributed by atoms with van der Waals surface area (Å²) in [6.45, 7) is 1.04. The normalized spacial score (nSPS) is 10.3. The summed E-state index contributed by atoms with van der Waals surface area (Å²) in [6, 6.07) is 24.7. The maximum atomic E-state index is 12.3. The molecule has 0 atom stereocenters. The van der Waals surface area contributed by atoms with Crippen molar-refractivity contribution in [2.45, 2.75) is 6.42 Å². The molecule has 0 aliphatic heterocycles. The Hall–Kier alpha value is -4.87. The average Bonchev–Trinajstić information content (AvgIpc) is 3.32. The molecular weight excluding hydrogens is 434 g/mol. The number of nitrogens with two attached hydrogens (primary N) is 1. The molecule has 1 aromatic heterocycles. The van der Waals surface area contributed by atoms with Crippen LogP contribution in [-0.4, -0.2) is 24.0 Å². The van der Waals surface area contributed by atoms with E-state index >= 15 is 0 Å². The van der Waals surface area contributed by atoms with Crippen LogP contribution in [0, 0.1) is 23.7 Å². The number of fused-ring (bicyclic) bond motifs is 1. The van der Waals surface area contributed by atoms with E-state index in [0.717, 1.165) is 27.8 Å². The summed E-state index contributed by atoms with van der Waals surface area (Å²) in [4.78, 5) is 15.4. The Balaban J connectivity index is 1.17. The first-order chi connectivity index (χ1) is 17.2. The molecule has 4 N–H and O–H groups in total. The molecular formula is C30H25N3O2. The number of allylic oxidation sites excluding steroid dienone is 2. The van der Waals surface area contributed by atoms with Crippen molar-refractivity contribution in [3.63, 3.8) is 0 Å². The van der Waals surface area contributed by atoms with E-state index in [4.69, 9.17) is 10.5 Å². The van der Waals surface area contributed by atoms with Gasteiger partial charge in [-0.1, -0.05) is 54.0 Å². The molecule has 172 valence electrons. The van der Waals surface area contributed by atoms with Crippen LogP contribution in [0.4, 0.5) is 5.69 Å². The van der Waals surface area contributed by atoms with E-state index in [2.05, 4.69) is 34.0 Å². The van der Waals surface area contributed by atoms with Gasteiger partial charge in [-0.05, 0) is 67.1 Å². The number of H-pyrrole nitrogens is 1. The maximum Gasteiger partial charge on any atom is 0.267 e. The number of rotatable bonds is 6. The van der Waals surface area contributed by atoms with E-state index in [9.17, 15) is 4.79 Å². The van der Waals surface area contributed by atoms with Crippen LogP contribution in [0.25, 0.3) is 10.9 Å². The van der Waals surface area contributed by atoms with Gasteiger partial charge in [0, 0.05) is 34.3 Å². The second-order valence-electron chi connectivity index (χ2n) is 7.71. The second-order valence-corrected chi connectivity index (χ2v) is 7.71. The molecule has 3 aromatic carbocycles. The topological polar surface area (TPSA) is 80.1 Å². The van der Waals surface area contributed by atoms with Crippen molar-refractivity contribution in [2.75, 3.05) is 18.9 Å². The number of nitrogen functional groups attached to an aromatic ring is 1. The number of carbonyl (C=O) groups is 1. The summed E-state index contributed by atoms with van der Waals surface area (Å²) < 4.78 is 5.76. The smallest absolute Gasteiger partial charge is 0.267 e. The summed E-state index contributed by atoms with van der Waals surface area (Å²) in [7, 11) is 0. The maximum absolute atomic E-state index is 12.3. The Morgan fingerprint density at radius 3 is 2.49 bits per heavy atom. The minimum Gasteiger partial charge on any atom is -0.494 e. The molecule has 5 heteroatoms. The summed E-state index contributed by atoms with van der Waals surface area (Å²) >= 11 is 0. The van der Waals surface area contributed by atoms with Gasteiger partial charge in [-0.3, -0.25) is 4.79 Å². The van der Waals surface area contributed by atoms with E-state index in [-0.39, 0.29) is 5.91 Å². The SMILES string of the molecule is Nc1ccccc1C#C/C=C\C#Cc1ccc(OCCCNC(=O)c2cc3ccccc3[nH]2)cc1. The molecule has 0 radical (unpaired) electrons. The average molecular weight is 460 g/mol. The molecule has 1 heterocycles. The third-order valence-corrected chi connectivity index (χ3v) is 5.14. The summed E-state index contributed by atoms with van der Waals surface area (Å²) in [5.41, 5.74) is 9.72. The van der Waals surface area contributed by atoms with Crippen molar-refractivity contribution in [3.8, 4) is 29.4 Å². The van der Waals surface area contributed by atoms with Gasteiger partial charge in [-0.25, -0.2) is 0 Å². The Labute approximate surface area is 205 Å². The first-order valence-electron chi connectivity index (χ1n) is 11.3. The van der Waals surface area contributed by atoms with Crippen LogP contribution in [0.5, 0.6) is 5.75 Å². The van der Waals surface area contributed by atoms with Gasteiger partial charge in [-0.15, -0.1) is 0 Å². The summed E-state index contributed by atoms with van der Waals surface area (Å²) in [5.74, 6) is 12.6. The number of aromatic amines is 1. The van der Waals surface area contributed by atoms with Gasteiger partial charge in [0.25, 0.3) is 5.91 Å². The van der Waals surface area contributed by atoms with Gasteiger partial charge in [0.1, 0.15) is 11.4 Å². The monoisotopic (exact) mass is 459 g/mol. The number of ether oxygens (including phenoxy) is 1. The van der Waals surface area contributed by atoms with Crippen molar-refractivity contribution >= 4 is 22.5 Å². The molecule has 0 aliphatic carbocycles. The number of aromatic nitrogens is 1. The molecule has 0 saturated carbocycles. The minimum absolute atomic E-state index is 0.117. The predicted octanol–water partition coefficient (Wildman–Crippen LogP) is 4.91. The van der Waals surface area contributed by atoms with Crippen LogP contribution >= 0.6 is 0 Å². The van der Waals surface area contributed by atoms with Gasteiger partial charge in [0.2, 0.25) is 0 Å². The number of anilines is 1. The lowest BCUT2D eigenvalue weighted by Gasteiger charge is -2.07. The van der Waals surface area contributed by atoms with Crippen LogP contribution in [-0.2, 0) is 0 Å². The van der Waals surface area contributed by atoms with Gasteiger partial charge in [0.15, 0.2) is 0 Å². The Morgan fingerprint density at radius 2 is 1.69 bits per heavy atom. The van der Waals surface area contributed by atoms with Gasteiger partial charge in [-0.2, -0.15) is 0 Å². The summed E-state index contributed by atoms with van der Waals surface area (Å²) in [5, 5.41) is 3.94. The lowest BCUT2D eigenvalue weighted by Crippen LogP contribution is -2.25. The predicted molar refractivity (Wildman–Crippen MR) is 141 cm³/mol. The molecule has 0 bridgehead atoms. The Bertz CT molecular complexity index is 1430. The Morgan fingerprint density at radius 1 is 0.943 bits per heavy atom. The standard InChI is InChI=1S/C30H25N3O2/c31-27-14-7-5-12-24(27)11-4-2-1-3-10-23-16-18-26(19-17-23)35-21-9-20-32-30(34)29-22-25-13-6-8-15-28(25)33-29/h1-2,5-8,12-19,22,33H,9,20-21,31H2,(H,32,34)/b2-1-. The van der Waals surface area contributed by atoms with Crippen LogP contribution in [0.1, 0.15) is 28.0 Å². The van der Waals surface area contributed by atoms with Gasteiger partial charge >= 0.3 is 0 Å². The number of hydrogen-bond donors (Lipinski definition) is 3. The minimum atomic E-state index is -0.117. The highest BCUT2D eigenvalue weighted by Gasteiger charge is 2.08. The quantitative estimate of drug-likeness (QED) is 0.218. The van der Waals surface area contributed by atoms with Crippen molar-refractivity contribution in [1.29, 1.82) is 0 Å². The van der Waals surface area contributed by atoms with Crippen molar-refractivity contribution in [1.82, 2.24) is 10.3 Å². The number of amides is 1. The number of para-hydroxylation sites is 2. The molecule has 35 heavy (non-hydrogen) atoms. The molecule has 4 aromatic rings. The third-order valence-electron chi connectivity index (χ3n) is 5.14. The highest BCUT2D eigenvalue weighted by molar-refractivity contribution is 5.97. The zero-order chi connectivity index (χ0) is 24.3. The molecule has 5 nitrogen and oxygen atoms in total. The lowest BCUT2D eigenvalue weighted by atomic mass is 10.2. The van der Waals surface area contributed by atoms with Crippen molar-refractivity contribution < 1.29 is 9.53 Å². The molecule has 1 amide bonds. The van der Waals surface area contributed by atoms with Gasteiger partial charge in [0.05, 0.1) is 6.61 Å². The number of benzene rings is 3.